The van der Waals surface area contributed by atoms with E-state index in [0.29, 0.717) is 10.6 Å². The maximum atomic E-state index is 13.4. The van der Waals surface area contributed by atoms with Gasteiger partial charge in [-0.1, -0.05) is 84.2 Å². The number of ketones is 1. The standard InChI is InChI=1S/C19H19BrCl2O3S/c1-19(2,3)18(23)16(20)17(14-10-9-12(21)11-15(14)22)26(24,25)13-7-5-4-6-8-13/h4-11,16-17H,1-3H3. The molecule has 0 N–H and O–H groups in total. The number of halogens is 3. The molecular formula is C19H19BrCl2O3S. The molecule has 0 aliphatic carbocycles. The molecule has 2 rings (SSSR count). The van der Waals surface area contributed by atoms with E-state index in [2.05, 4.69) is 15.9 Å². The first kappa shape index (κ1) is 21.4. The number of alkyl halides is 1. The number of hydrogen-bond acceptors (Lipinski definition) is 3. The Bertz CT molecular complexity index is 906. The number of carbonyl (C=O) groups excluding carboxylic acids is 1. The molecule has 2 unspecified atom stereocenters. The summed E-state index contributed by atoms with van der Waals surface area (Å²) in [6.45, 7) is 5.25. The number of Topliss-reactive ketones (excluding diaryl/α,β-unsaturated/α-hetero) is 1. The van der Waals surface area contributed by atoms with Gasteiger partial charge in [-0.3, -0.25) is 4.79 Å². The van der Waals surface area contributed by atoms with Gasteiger partial charge in [0, 0.05) is 15.5 Å². The van der Waals surface area contributed by atoms with E-state index in [-0.39, 0.29) is 15.7 Å². The first-order chi connectivity index (χ1) is 12.0. The van der Waals surface area contributed by atoms with Gasteiger partial charge in [-0.25, -0.2) is 8.42 Å². The van der Waals surface area contributed by atoms with E-state index in [1.165, 1.54) is 18.2 Å². The Labute approximate surface area is 172 Å². The van der Waals surface area contributed by atoms with E-state index in [4.69, 9.17) is 23.2 Å². The van der Waals surface area contributed by atoms with Gasteiger partial charge in [-0.15, -0.1) is 0 Å². The fourth-order valence-corrected chi connectivity index (χ4v) is 6.74. The first-order valence-corrected chi connectivity index (χ1v) is 11.1. The fourth-order valence-electron chi connectivity index (χ4n) is 2.52. The van der Waals surface area contributed by atoms with Crippen molar-refractivity contribution in [2.24, 2.45) is 5.41 Å². The number of benzene rings is 2. The van der Waals surface area contributed by atoms with E-state index < -0.39 is 25.3 Å². The van der Waals surface area contributed by atoms with Crippen molar-refractivity contribution in [2.75, 3.05) is 0 Å². The third-order valence-electron chi connectivity index (χ3n) is 3.93. The van der Waals surface area contributed by atoms with Crippen molar-refractivity contribution in [3.8, 4) is 0 Å². The van der Waals surface area contributed by atoms with Crippen molar-refractivity contribution in [3.63, 3.8) is 0 Å². The molecule has 0 heterocycles. The summed E-state index contributed by atoms with van der Waals surface area (Å²) in [6, 6.07) is 12.6. The SMILES string of the molecule is CC(C)(C)C(=O)C(Br)C(c1ccc(Cl)cc1Cl)S(=O)(=O)c1ccccc1. The Morgan fingerprint density at radius 2 is 1.62 bits per heavy atom. The second-order valence-electron chi connectivity index (χ2n) is 6.96. The number of sulfone groups is 1. The highest BCUT2D eigenvalue weighted by molar-refractivity contribution is 9.10. The average molecular weight is 478 g/mol. The second-order valence-corrected chi connectivity index (χ2v) is 10.9. The number of rotatable bonds is 5. The van der Waals surface area contributed by atoms with Crippen LogP contribution in [0.15, 0.2) is 53.4 Å². The van der Waals surface area contributed by atoms with Crippen LogP contribution in [0.25, 0.3) is 0 Å². The van der Waals surface area contributed by atoms with Crippen molar-refractivity contribution in [1.29, 1.82) is 0 Å². The van der Waals surface area contributed by atoms with Crippen molar-refractivity contribution in [2.45, 2.75) is 35.7 Å². The Kier molecular flexibility index (Phi) is 6.60. The minimum atomic E-state index is -3.89. The van der Waals surface area contributed by atoms with Gasteiger partial charge in [0.2, 0.25) is 0 Å². The van der Waals surface area contributed by atoms with Gasteiger partial charge in [-0.05, 0) is 29.8 Å². The average Bonchev–Trinajstić information content (AvgIpc) is 2.56. The zero-order chi connectivity index (χ0) is 19.7. The molecule has 0 spiro atoms. The zero-order valence-corrected chi connectivity index (χ0v) is 18.5. The Morgan fingerprint density at radius 1 is 1.04 bits per heavy atom. The molecule has 0 saturated carbocycles. The molecule has 2 aromatic rings. The topological polar surface area (TPSA) is 51.2 Å². The quantitative estimate of drug-likeness (QED) is 0.504. The third-order valence-corrected chi connectivity index (χ3v) is 7.91. The van der Waals surface area contributed by atoms with Crippen molar-refractivity contribution in [3.05, 3.63) is 64.1 Å². The number of carbonyl (C=O) groups is 1. The summed E-state index contributed by atoms with van der Waals surface area (Å²) >= 11 is 15.6. The molecule has 0 aliphatic rings. The summed E-state index contributed by atoms with van der Waals surface area (Å²) in [5, 5.41) is -0.586. The van der Waals surface area contributed by atoms with Gasteiger partial charge >= 0.3 is 0 Å². The maximum Gasteiger partial charge on any atom is 0.186 e. The summed E-state index contributed by atoms with van der Waals surface area (Å²) in [5.74, 6) is -0.229. The van der Waals surface area contributed by atoms with Gasteiger partial charge in [0.1, 0.15) is 5.25 Å². The van der Waals surface area contributed by atoms with Gasteiger partial charge in [0.25, 0.3) is 0 Å². The zero-order valence-electron chi connectivity index (χ0n) is 14.5. The molecule has 7 heteroatoms. The normalized spacial score (nSPS) is 14.7. The lowest BCUT2D eigenvalue weighted by Crippen LogP contribution is -2.36. The lowest BCUT2D eigenvalue weighted by atomic mass is 9.87. The van der Waals surface area contributed by atoms with Gasteiger partial charge in [0.15, 0.2) is 15.6 Å². The van der Waals surface area contributed by atoms with Gasteiger partial charge in [0.05, 0.1) is 9.72 Å². The van der Waals surface area contributed by atoms with E-state index in [9.17, 15) is 13.2 Å². The molecule has 0 aliphatic heterocycles. The van der Waals surface area contributed by atoms with E-state index in [1.54, 1.807) is 51.1 Å². The van der Waals surface area contributed by atoms with Gasteiger partial charge in [-0.2, -0.15) is 0 Å². The fraction of sp³-hybridized carbons (Fsp3) is 0.316. The summed E-state index contributed by atoms with van der Waals surface area (Å²) in [6.07, 6.45) is 0. The molecule has 26 heavy (non-hydrogen) atoms. The maximum absolute atomic E-state index is 13.4. The smallest absolute Gasteiger partial charge is 0.186 e. The summed E-state index contributed by atoms with van der Waals surface area (Å²) in [5.41, 5.74) is -0.392. The van der Waals surface area contributed by atoms with Crippen LogP contribution in [-0.4, -0.2) is 19.0 Å². The Hall–Kier alpha value is -0.880. The molecule has 2 aromatic carbocycles. The van der Waals surface area contributed by atoms with Crippen LogP contribution >= 0.6 is 39.1 Å². The minimum absolute atomic E-state index is 0.127. The van der Waals surface area contributed by atoms with E-state index in [0.717, 1.165) is 0 Å². The number of hydrogen-bond donors (Lipinski definition) is 0. The summed E-state index contributed by atoms with van der Waals surface area (Å²) < 4.78 is 26.7. The summed E-state index contributed by atoms with van der Waals surface area (Å²) in [7, 11) is -3.89. The van der Waals surface area contributed by atoms with E-state index >= 15 is 0 Å². The van der Waals surface area contributed by atoms with Crippen LogP contribution in [0.2, 0.25) is 10.0 Å². The Morgan fingerprint density at radius 3 is 2.12 bits per heavy atom. The molecular weight excluding hydrogens is 459 g/mol. The van der Waals surface area contributed by atoms with Crippen molar-refractivity contribution >= 4 is 54.8 Å². The first-order valence-electron chi connectivity index (χ1n) is 7.88. The lowest BCUT2D eigenvalue weighted by Gasteiger charge is -2.28. The molecule has 0 bridgehead atoms. The van der Waals surface area contributed by atoms with Crippen LogP contribution in [-0.2, 0) is 14.6 Å². The predicted octanol–water partition coefficient (Wildman–Crippen LogP) is 5.89. The van der Waals surface area contributed by atoms with Gasteiger partial charge < -0.3 is 0 Å². The van der Waals surface area contributed by atoms with Crippen molar-refractivity contribution in [1.82, 2.24) is 0 Å². The van der Waals surface area contributed by atoms with Crippen molar-refractivity contribution < 1.29 is 13.2 Å². The molecule has 0 aromatic heterocycles. The molecule has 0 saturated heterocycles. The second kappa shape index (κ2) is 8.01. The molecule has 2 atom stereocenters. The van der Waals surface area contributed by atoms with Crippen LogP contribution in [0, 0.1) is 5.41 Å². The summed E-state index contributed by atoms with van der Waals surface area (Å²) in [4.78, 5) is 12.0. The molecule has 0 radical (unpaired) electrons. The highest BCUT2D eigenvalue weighted by atomic mass is 79.9. The molecule has 140 valence electrons. The minimum Gasteiger partial charge on any atom is -0.298 e. The van der Waals surface area contributed by atoms with Crippen LogP contribution in [0.3, 0.4) is 0 Å². The predicted molar refractivity (Wildman–Crippen MR) is 110 cm³/mol. The largest absolute Gasteiger partial charge is 0.298 e. The lowest BCUT2D eigenvalue weighted by molar-refractivity contribution is -0.125. The molecule has 0 amide bonds. The van der Waals surface area contributed by atoms with Crippen LogP contribution < -0.4 is 0 Å². The van der Waals surface area contributed by atoms with E-state index in [1.807, 2.05) is 0 Å². The van der Waals surface area contributed by atoms with Crippen LogP contribution in [0.5, 0.6) is 0 Å². The van der Waals surface area contributed by atoms with Crippen LogP contribution in [0.4, 0.5) is 0 Å². The van der Waals surface area contributed by atoms with Crippen LogP contribution in [0.1, 0.15) is 31.6 Å². The molecule has 0 fully saturated rings. The molecule has 3 nitrogen and oxygen atoms in total. The third kappa shape index (κ3) is 4.50. The Balaban J connectivity index is 2.69. The highest BCUT2D eigenvalue weighted by Gasteiger charge is 2.42. The highest BCUT2D eigenvalue weighted by Crippen LogP contribution is 2.41. The monoisotopic (exact) mass is 476 g/mol.